The molecule has 0 aliphatic carbocycles. The topological polar surface area (TPSA) is 140 Å². The molecule has 0 saturated carbocycles. The van der Waals surface area contributed by atoms with Crippen LogP contribution in [0.5, 0.6) is 0 Å². The molecule has 0 unspecified atom stereocenters. The third-order valence-corrected chi connectivity index (χ3v) is 2.16. The molecule has 0 spiro atoms. The fourth-order valence-corrected chi connectivity index (χ4v) is 1.25. The lowest BCUT2D eigenvalue weighted by atomic mass is 10.2. The maximum absolute atomic E-state index is 13.3. The molecular weight excluding hydrogens is 285 g/mol. The summed E-state index contributed by atoms with van der Waals surface area (Å²) in [5.41, 5.74) is 0.867. The van der Waals surface area contributed by atoms with Crippen LogP contribution in [0.25, 0.3) is 0 Å². The van der Waals surface area contributed by atoms with Gasteiger partial charge >= 0.3 is 11.9 Å². The number of aliphatic carboxylic acids is 2. The van der Waals surface area contributed by atoms with E-state index in [0.29, 0.717) is 0 Å². The van der Waals surface area contributed by atoms with Crippen molar-refractivity contribution in [3.63, 3.8) is 0 Å². The Morgan fingerprint density at radius 1 is 1.33 bits per heavy atom. The van der Waals surface area contributed by atoms with Gasteiger partial charge in [-0.05, 0) is 12.1 Å². The van der Waals surface area contributed by atoms with Crippen molar-refractivity contribution in [2.24, 2.45) is 5.10 Å². The van der Waals surface area contributed by atoms with E-state index in [1.165, 1.54) is 6.07 Å². The van der Waals surface area contributed by atoms with Crippen molar-refractivity contribution in [2.45, 2.75) is 6.42 Å². The first kappa shape index (κ1) is 15.8. The lowest BCUT2D eigenvalue weighted by Crippen LogP contribution is -2.27. The SMILES string of the molecule is N#Cc1ccc(NN=C(C(=O)O)C(=O)CC(=O)O)cc1F. The van der Waals surface area contributed by atoms with Crippen LogP contribution in [0.1, 0.15) is 12.0 Å². The van der Waals surface area contributed by atoms with Crippen LogP contribution in [-0.2, 0) is 14.4 Å². The van der Waals surface area contributed by atoms with Crippen molar-refractivity contribution in [3.05, 3.63) is 29.6 Å². The van der Waals surface area contributed by atoms with Crippen LogP contribution in [0.4, 0.5) is 10.1 Å². The Kier molecular flexibility index (Phi) is 5.08. The van der Waals surface area contributed by atoms with Gasteiger partial charge in [-0.25, -0.2) is 9.18 Å². The predicted octanol–water partition coefficient (Wildman–Crippen LogP) is 0.594. The zero-order chi connectivity index (χ0) is 16.0. The van der Waals surface area contributed by atoms with Crippen molar-refractivity contribution in [1.29, 1.82) is 5.26 Å². The van der Waals surface area contributed by atoms with Crippen LogP contribution in [0.2, 0.25) is 0 Å². The number of benzene rings is 1. The highest BCUT2D eigenvalue weighted by atomic mass is 19.1. The lowest BCUT2D eigenvalue weighted by molar-refractivity contribution is -0.139. The van der Waals surface area contributed by atoms with Gasteiger partial charge in [-0.2, -0.15) is 10.4 Å². The van der Waals surface area contributed by atoms with E-state index >= 15 is 0 Å². The Morgan fingerprint density at radius 2 is 2.00 bits per heavy atom. The number of carbonyl (C=O) groups excluding carboxylic acids is 1. The van der Waals surface area contributed by atoms with E-state index in [1.807, 2.05) is 0 Å². The van der Waals surface area contributed by atoms with Crippen molar-refractivity contribution >= 4 is 29.1 Å². The van der Waals surface area contributed by atoms with E-state index in [9.17, 15) is 18.8 Å². The number of hydrazone groups is 1. The summed E-state index contributed by atoms with van der Waals surface area (Å²) in [6, 6.07) is 4.85. The van der Waals surface area contributed by atoms with Gasteiger partial charge in [-0.3, -0.25) is 15.0 Å². The Balaban J connectivity index is 2.96. The molecule has 0 saturated heterocycles. The minimum absolute atomic E-state index is 0.00613. The number of nitriles is 1. The molecule has 0 aromatic heterocycles. The van der Waals surface area contributed by atoms with Gasteiger partial charge in [0.25, 0.3) is 0 Å². The normalized spacial score (nSPS) is 10.6. The second-order valence-corrected chi connectivity index (χ2v) is 3.68. The van der Waals surface area contributed by atoms with Crippen LogP contribution < -0.4 is 5.43 Å². The maximum atomic E-state index is 13.3. The summed E-state index contributed by atoms with van der Waals surface area (Å²) in [6.45, 7) is 0. The molecule has 9 heteroatoms. The molecule has 0 heterocycles. The summed E-state index contributed by atoms with van der Waals surface area (Å²) in [5, 5.41) is 29.0. The zero-order valence-corrected chi connectivity index (χ0v) is 10.3. The number of rotatable bonds is 6. The van der Waals surface area contributed by atoms with E-state index in [4.69, 9.17) is 15.5 Å². The summed E-state index contributed by atoms with van der Waals surface area (Å²) in [4.78, 5) is 32.5. The highest BCUT2D eigenvalue weighted by Crippen LogP contribution is 2.13. The molecular formula is C12H8FN3O5. The number of carbonyl (C=O) groups is 3. The molecule has 108 valence electrons. The highest BCUT2D eigenvalue weighted by molar-refractivity contribution is 6.65. The van der Waals surface area contributed by atoms with Crippen LogP contribution in [-0.4, -0.2) is 33.6 Å². The second kappa shape index (κ2) is 6.76. The average molecular weight is 293 g/mol. The summed E-state index contributed by atoms with van der Waals surface area (Å²) in [5.74, 6) is -5.29. The Labute approximate surface area is 117 Å². The first-order chi connectivity index (χ1) is 9.85. The van der Waals surface area contributed by atoms with Gasteiger partial charge in [-0.15, -0.1) is 0 Å². The van der Waals surface area contributed by atoms with Gasteiger partial charge in [0.2, 0.25) is 11.5 Å². The molecule has 1 aromatic rings. The van der Waals surface area contributed by atoms with Crippen LogP contribution in [0, 0.1) is 17.1 Å². The van der Waals surface area contributed by atoms with Crippen LogP contribution in [0.15, 0.2) is 23.3 Å². The summed E-state index contributed by atoms with van der Waals surface area (Å²) in [7, 11) is 0. The number of Topliss-reactive ketones (excluding diaryl/α,β-unsaturated/α-hetero) is 1. The van der Waals surface area contributed by atoms with Crippen molar-refractivity contribution in [3.8, 4) is 6.07 Å². The van der Waals surface area contributed by atoms with Crippen molar-refractivity contribution < 1.29 is 29.0 Å². The van der Waals surface area contributed by atoms with Gasteiger partial charge in [0.1, 0.15) is 18.3 Å². The number of anilines is 1. The number of halogens is 1. The number of hydrogen-bond acceptors (Lipinski definition) is 6. The zero-order valence-electron chi connectivity index (χ0n) is 10.3. The molecule has 0 amide bonds. The number of hydrogen-bond donors (Lipinski definition) is 3. The molecule has 0 radical (unpaired) electrons. The molecule has 0 aliphatic heterocycles. The molecule has 0 aliphatic rings. The molecule has 8 nitrogen and oxygen atoms in total. The fraction of sp³-hybridized carbons (Fsp3) is 0.0833. The quantitative estimate of drug-likeness (QED) is 0.396. The first-order valence-corrected chi connectivity index (χ1v) is 5.36. The van der Waals surface area contributed by atoms with Gasteiger partial charge in [0.15, 0.2) is 0 Å². The summed E-state index contributed by atoms with van der Waals surface area (Å²) in [6.07, 6.45) is -1.03. The van der Waals surface area contributed by atoms with Gasteiger partial charge in [0, 0.05) is 6.07 Å². The number of nitrogens with zero attached hydrogens (tertiary/aromatic N) is 2. The van der Waals surface area contributed by atoms with Crippen molar-refractivity contribution in [1.82, 2.24) is 0 Å². The predicted molar refractivity (Wildman–Crippen MR) is 67.1 cm³/mol. The van der Waals surface area contributed by atoms with E-state index in [2.05, 4.69) is 10.5 Å². The van der Waals surface area contributed by atoms with E-state index in [1.54, 1.807) is 6.07 Å². The Hall–Kier alpha value is -3.28. The first-order valence-electron chi connectivity index (χ1n) is 5.36. The van der Waals surface area contributed by atoms with Crippen LogP contribution >= 0.6 is 0 Å². The standard InChI is InChI=1S/C12H8FN3O5/c13-8-3-7(2-1-6(8)5-14)15-16-11(12(20)21)9(17)4-10(18)19/h1-3,15H,4H2,(H,18,19)(H,20,21). The number of carboxylic acid groups (broad SMARTS) is 2. The molecule has 1 rings (SSSR count). The van der Waals surface area contributed by atoms with Gasteiger partial charge in [0.05, 0.1) is 11.3 Å². The summed E-state index contributed by atoms with van der Waals surface area (Å²) >= 11 is 0. The second-order valence-electron chi connectivity index (χ2n) is 3.68. The van der Waals surface area contributed by atoms with Gasteiger partial charge < -0.3 is 10.2 Å². The molecule has 0 bridgehead atoms. The lowest BCUT2D eigenvalue weighted by Gasteiger charge is -2.03. The highest BCUT2D eigenvalue weighted by Gasteiger charge is 2.22. The average Bonchev–Trinajstić information content (AvgIpc) is 2.37. The number of ketones is 1. The largest absolute Gasteiger partial charge is 0.481 e. The third-order valence-electron chi connectivity index (χ3n) is 2.16. The van der Waals surface area contributed by atoms with E-state index < -0.39 is 35.7 Å². The van der Waals surface area contributed by atoms with E-state index in [-0.39, 0.29) is 11.3 Å². The number of nitrogens with one attached hydrogen (secondary N) is 1. The van der Waals surface area contributed by atoms with Crippen LogP contribution in [0.3, 0.4) is 0 Å². The maximum Gasteiger partial charge on any atom is 0.360 e. The Bertz CT molecular complexity index is 678. The molecule has 0 atom stereocenters. The molecule has 3 N–H and O–H groups in total. The minimum Gasteiger partial charge on any atom is -0.481 e. The Morgan fingerprint density at radius 3 is 2.48 bits per heavy atom. The smallest absolute Gasteiger partial charge is 0.360 e. The minimum atomic E-state index is -1.72. The number of carboxylic acids is 2. The summed E-state index contributed by atoms with van der Waals surface area (Å²) < 4.78 is 13.3. The van der Waals surface area contributed by atoms with Gasteiger partial charge in [-0.1, -0.05) is 0 Å². The van der Waals surface area contributed by atoms with E-state index in [0.717, 1.165) is 12.1 Å². The fourth-order valence-electron chi connectivity index (χ4n) is 1.25. The van der Waals surface area contributed by atoms with Crippen molar-refractivity contribution in [2.75, 3.05) is 5.43 Å². The molecule has 21 heavy (non-hydrogen) atoms. The monoisotopic (exact) mass is 293 g/mol. The molecule has 0 fully saturated rings. The third kappa shape index (κ3) is 4.39. The molecule has 1 aromatic carbocycles.